The first-order valence-electron chi connectivity index (χ1n) is 7.17. The van der Waals surface area contributed by atoms with E-state index in [4.69, 9.17) is 16.3 Å². The summed E-state index contributed by atoms with van der Waals surface area (Å²) in [6.07, 6.45) is -0.740. The minimum Gasteiger partial charge on any atom is -0.465 e. The van der Waals surface area contributed by atoms with E-state index in [-0.39, 0.29) is 18.4 Å². The van der Waals surface area contributed by atoms with Gasteiger partial charge in [-0.15, -0.1) is 0 Å². The number of benzene rings is 1. The van der Waals surface area contributed by atoms with E-state index in [1.807, 2.05) is 13.8 Å². The zero-order valence-corrected chi connectivity index (χ0v) is 13.8. The van der Waals surface area contributed by atoms with Crippen LogP contribution in [0, 0.1) is 5.92 Å². The number of esters is 1. The summed E-state index contributed by atoms with van der Waals surface area (Å²) in [6.45, 7) is 8.03. The number of halogens is 1. The van der Waals surface area contributed by atoms with Crippen molar-refractivity contribution in [1.29, 1.82) is 0 Å². The van der Waals surface area contributed by atoms with Crippen molar-refractivity contribution in [3.63, 3.8) is 0 Å². The van der Waals surface area contributed by atoms with Gasteiger partial charge in [-0.3, -0.25) is 10.1 Å². The summed E-state index contributed by atoms with van der Waals surface area (Å²) >= 11 is 5.92. The summed E-state index contributed by atoms with van der Waals surface area (Å²) in [4.78, 5) is 12.1. The lowest BCUT2D eigenvalue weighted by Gasteiger charge is -2.33. The average molecular weight is 314 g/mol. The zero-order chi connectivity index (χ0) is 16.0. The van der Waals surface area contributed by atoms with Crippen LogP contribution < -0.4 is 5.32 Å². The molecule has 0 bridgehead atoms. The monoisotopic (exact) mass is 313 g/mol. The number of rotatable bonds is 7. The van der Waals surface area contributed by atoms with Gasteiger partial charge in [-0.1, -0.05) is 37.6 Å². The third kappa shape index (κ3) is 4.70. The SMILES string of the molecule is CCOC(=O)C(C)(NCC(O)c1cccc(Cl)c1)C(C)C. The third-order valence-electron chi connectivity index (χ3n) is 3.75. The molecular formula is C16H24ClNO3. The minimum absolute atomic E-state index is 0.0307. The molecule has 5 heteroatoms. The Bertz CT molecular complexity index is 478. The Kier molecular flexibility index (Phi) is 6.65. The Balaban J connectivity index is 2.75. The number of hydrogen-bond acceptors (Lipinski definition) is 4. The van der Waals surface area contributed by atoms with Crippen LogP contribution in [0.2, 0.25) is 5.02 Å². The molecule has 1 aromatic carbocycles. The second kappa shape index (κ2) is 7.78. The van der Waals surface area contributed by atoms with Gasteiger partial charge in [-0.25, -0.2) is 0 Å². The smallest absolute Gasteiger partial charge is 0.326 e. The largest absolute Gasteiger partial charge is 0.465 e. The number of carbonyl (C=O) groups is 1. The highest BCUT2D eigenvalue weighted by Gasteiger charge is 2.38. The predicted octanol–water partition coefficient (Wildman–Crippen LogP) is 2.94. The van der Waals surface area contributed by atoms with Crippen LogP contribution >= 0.6 is 11.6 Å². The minimum atomic E-state index is -0.838. The van der Waals surface area contributed by atoms with Gasteiger partial charge in [0.25, 0.3) is 0 Å². The van der Waals surface area contributed by atoms with Crippen LogP contribution in [0.5, 0.6) is 0 Å². The average Bonchev–Trinajstić information content (AvgIpc) is 2.44. The summed E-state index contributed by atoms with van der Waals surface area (Å²) < 4.78 is 5.12. The third-order valence-corrected chi connectivity index (χ3v) is 3.99. The first-order chi connectivity index (χ1) is 9.81. The highest BCUT2D eigenvalue weighted by Crippen LogP contribution is 2.21. The second-order valence-corrected chi connectivity index (χ2v) is 5.97. The summed E-state index contributed by atoms with van der Waals surface area (Å²) in [6, 6.07) is 7.05. The fourth-order valence-corrected chi connectivity index (χ4v) is 2.13. The topological polar surface area (TPSA) is 58.6 Å². The Labute approximate surface area is 131 Å². The molecule has 0 aliphatic carbocycles. The van der Waals surface area contributed by atoms with Crippen LogP contribution in [0.25, 0.3) is 0 Å². The van der Waals surface area contributed by atoms with Crippen LogP contribution in [0.15, 0.2) is 24.3 Å². The lowest BCUT2D eigenvalue weighted by Crippen LogP contribution is -2.55. The van der Waals surface area contributed by atoms with E-state index < -0.39 is 11.6 Å². The molecule has 0 spiro atoms. The first-order valence-corrected chi connectivity index (χ1v) is 7.54. The van der Waals surface area contributed by atoms with Gasteiger partial charge < -0.3 is 9.84 Å². The van der Waals surface area contributed by atoms with Gasteiger partial charge in [-0.2, -0.15) is 0 Å². The molecule has 118 valence electrons. The van der Waals surface area contributed by atoms with E-state index in [2.05, 4.69) is 5.32 Å². The number of hydrogen-bond donors (Lipinski definition) is 2. The maximum atomic E-state index is 12.1. The Morgan fingerprint density at radius 3 is 2.67 bits per heavy atom. The highest BCUT2D eigenvalue weighted by atomic mass is 35.5. The van der Waals surface area contributed by atoms with Crippen molar-refractivity contribution in [2.75, 3.05) is 13.2 Å². The molecule has 2 N–H and O–H groups in total. The van der Waals surface area contributed by atoms with Gasteiger partial charge in [0.2, 0.25) is 0 Å². The molecule has 0 saturated heterocycles. The maximum absolute atomic E-state index is 12.1. The van der Waals surface area contributed by atoms with E-state index >= 15 is 0 Å². The van der Waals surface area contributed by atoms with Crippen molar-refractivity contribution < 1.29 is 14.6 Å². The highest BCUT2D eigenvalue weighted by molar-refractivity contribution is 6.30. The molecule has 21 heavy (non-hydrogen) atoms. The van der Waals surface area contributed by atoms with Gasteiger partial charge in [0.15, 0.2) is 0 Å². The van der Waals surface area contributed by atoms with E-state index in [1.54, 1.807) is 38.1 Å². The Morgan fingerprint density at radius 2 is 2.14 bits per heavy atom. The van der Waals surface area contributed by atoms with Crippen LogP contribution in [-0.2, 0) is 9.53 Å². The van der Waals surface area contributed by atoms with Crippen LogP contribution in [0.1, 0.15) is 39.4 Å². The van der Waals surface area contributed by atoms with Gasteiger partial charge in [0, 0.05) is 11.6 Å². The number of β-amino-alcohol motifs (C(OH)–C–C–N with tert-alkyl or cyclic N) is 1. The molecule has 0 aliphatic heterocycles. The molecule has 4 nitrogen and oxygen atoms in total. The van der Waals surface area contributed by atoms with Crippen molar-refractivity contribution in [2.45, 2.75) is 39.3 Å². The summed E-state index contributed by atoms with van der Waals surface area (Å²) in [5, 5.41) is 13.9. The van der Waals surface area contributed by atoms with Crippen molar-refractivity contribution >= 4 is 17.6 Å². The van der Waals surface area contributed by atoms with Crippen LogP contribution in [-0.4, -0.2) is 29.8 Å². The molecule has 0 radical (unpaired) electrons. The molecule has 0 aliphatic rings. The summed E-state index contributed by atoms with van der Waals surface area (Å²) in [7, 11) is 0. The first kappa shape index (κ1) is 18.0. The number of aliphatic hydroxyl groups excluding tert-OH is 1. The molecule has 0 fully saturated rings. The molecule has 1 rings (SSSR count). The fourth-order valence-electron chi connectivity index (χ4n) is 1.93. The molecule has 0 aromatic heterocycles. The molecule has 2 unspecified atom stereocenters. The van der Waals surface area contributed by atoms with E-state index in [0.29, 0.717) is 17.2 Å². The van der Waals surface area contributed by atoms with E-state index in [0.717, 1.165) is 0 Å². The molecule has 0 heterocycles. The zero-order valence-electron chi connectivity index (χ0n) is 13.0. The van der Waals surface area contributed by atoms with Gasteiger partial charge >= 0.3 is 5.97 Å². The molecule has 1 aromatic rings. The Morgan fingerprint density at radius 1 is 1.48 bits per heavy atom. The lowest BCUT2D eigenvalue weighted by atomic mass is 9.88. The standard InChI is InChI=1S/C16H24ClNO3/c1-5-21-15(20)16(4,11(2)3)18-10-14(19)12-7-6-8-13(17)9-12/h6-9,11,14,18-19H,5,10H2,1-4H3. The summed E-state index contributed by atoms with van der Waals surface area (Å²) in [5.74, 6) is -0.276. The normalized spacial score (nSPS) is 15.6. The van der Waals surface area contributed by atoms with Gasteiger partial charge in [0.1, 0.15) is 5.54 Å². The Hall–Kier alpha value is -1.10. The maximum Gasteiger partial charge on any atom is 0.326 e. The van der Waals surface area contributed by atoms with Crippen molar-refractivity contribution in [3.05, 3.63) is 34.9 Å². The fraction of sp³-hybridized carbons (Fsp3) is 0.562. The quantitative estimate of drug-likeness (QED) is 0.760. The molecular weight excluding hydrogens is 290 g/mol. The predicted molar refractivity (Wildman–Crippen MR) is 84.3 cm³/mol. The van der Waals surface area contributed by atoms with Crippen LogP contribution in [0.3, 0.4) is 0 Å². The van der Waals surface area contributed by atoms with Crippen molar-refractivity contribution in [3.8, 4) is 0 Å². The second-order valence-electron chi connectivity index (χ2n) is 5.53. The number of aliphatic hydroxyl groups is 1. The molecule has 0 amide bonds. The van der Waals surface area contributed by atoms with E-state index in [1.165, 1.54) is 0 Å². The van der Waals surface area contributed by atoms with E-state index in [9.17, 15) is 9.90 Å². The van der Waals surface area contributed by atoms with Crippen molar-refractivity contribution in [2.24, 2.45) is 5.92 Å². The van der Waals surface area contributed by atoms with Gasteiger partial charge in [-0.05, 0) is 37.5 Å². The summed E-state index contributed by atoms with van der Waals surface area (Å²) in [5.41, 5.74) is -0.125. The number of nitrogens with one attached hydrogen (secondary N) is 1. The van der Waals surface area contributed by atoms with Gasteiger partial charge in [0.05, 0.1) is 12.7 Å². The van der Waals surface area contributed by atoms with Crippen molar-refractivity contribution in [1.82, 2.24) is 5.32 Å². The molecule has 0 saturated carbocycles. The molecule has 2 atom stereocenters. The number of ether oxygens (including phenoxy) is 1. The lowest BCUT2D eigenvalue weighted by molar-refractivity contribution is -0.152. The number of carbonyl (C=O) groups excluding carboxylic acids is 1. The van der Waals surface area contributed by atoms with Crippen LogP contribution in [0.4, 0.5) is 0 Å².